The van der Waals surface area contributed by atoms with Gasteiger partial charge < -0.3 is 15.2 Å². The average molecular weight is 339 g/mol. The zero-order valence-corrected chi connectivity index (χ0v) is 13.9. The molecule has 1 aromatic heterocycles. The van der Waals surface area contributed by atoms with Gasteiger partial charge in [-0.1, -0.05) is 12.1 Å². The molecule has 0 spiro atoms. The second kappa shape index (κ2) is 6.57. The van der Waals surface area contributed by atoms with Gasteiger partial charge in [0.15, 0.2) is 11.5 Å². The van der Waals surface area contributed by atoms with Gasteiger partial charge in [0.05, 0.1) is 24.5 Å². The lowest BCUT2D eigenvalue weighted by atomic mass is 10.2. The van der Waals surface area contributed by atoms with E-state index in [1.165, 1.54) is 0 Å². The van der Waals surface area contributed by atoms with Crippen molar-refractivity contribution in [2.45, 2.75) is 17.1 Å². The van der Waals surface area contributed by atoms with Crippen LogP contribution in [0, 0.1) is 0 Å². The Bertz CT molecular complexity index is 885. The Kier molecular flexibility index (Phi) is 4.13. The number of para-hydroxylation sites is 1. The van der Waals surface area contributed by atoms with Crippen LogP contribution < -0.4 is 15.2 Å². The minimum atomic E-state index is 0.523. The number of nitrogen functional groups attached to an aromatic ring is 1. The predicted molar refractivity (Wildman–Crippen MR) is 95.6 cm³/mol. The van der Waals surface area contributed by atoms with Crippen LogP contribution in [0.2, 0.25) is 0 Å². The van der Waals surface area contributed by atoms with E-state index < -0.39 is 0 Å². The molecule has 5 nitrogen and oxygen atoms in total. The molecule has 2 heterocycles. The monoisotopic (exact) mass is 339 g/mol. The molecule has 0 aliphatic carbocycles. The van der Waals surface area contributed by atoms with Gasteiger partial charge in [-0.2, -0.15) is 0 Å². The molecule has 0 fully saturated rings. The highest BCUT2D eigenvalue weighted by Gasteiger charge is 2.11. The summed E-state index contributed by atoms with van der Waals surface area (Å²) in [5, 5.41) is 0.891. The maximum Gasteiger partial charge on any atom is 0.162 e. The molecule has 0 amide bonds. The molecule has 2 N–H and O–H groups in total. The summed E-state index contributed by atoms with van der Waals surface area (Å²) in [6.07, 6.45) is 0.904. The van der Waals surface area contributed by atoms with Crippen LogP contribution in [0.4, 0.5) is 5.82 Å². The molecular weight excluding hydrogens is 322 g/mol. The van der Waals surface area contributed by atoms with Crippen molar-refractivity contribution in [2.24, 2.45) is 0 Å². The van der Waals surface area contributed by atoms with Crippen LogP contribution in [0.3, 0.4) is 0 Å². The molecule has 0 atom stereocenters. The summed E-state index contributed by atoms with van der Waals surface area (Å²) < 4.78 is 11.4. The van der Waals surface area contributed by atoms with Crippen molar-refractivity contribution >= 4 is 28.5 Å². The predicted octanol–water partition coefficient (Wildman–Crippen LogP) is 3.67. The summed E-state index contributed by atoms with van der Waals surface area (Å²) >= 11 is 1.65. The quantitative estimate of drug-likeness (QED) is 0.734. The van der Waals surface area contributed by atoms with Crippen LogP contribution >= 0.6 is 11.8 Å². The van der Waals surface area contributed by atoms with E-state index in [1.54, 1.807) is 11.8 Å². The normalized spacial score (nSPS) is 13.7. The summed E-state index contributed by atoms with van der Waals surface area (Å²) in [6.45, 7) is 1.38. The van der Waals surface area contributed by atoms with Gasteiger partial charge in [0.25, 0.3) is 0 Å². The van der Waals surface area contributed by atoms with Crippen LogP contribution in [-0.4, -0.2) is 23.2 Å². The van der Waals surface area contributed by atoms with Crippen LogP contribution in [0.15, 0.2) is 47.4 Å². The van der Waals surface area contributed by atoms with Gasteiger partial charge in [-0.05, 0) is 30.3 Å². The van der Waals surface area contributed by atoms with Gasteiger partial charge in [-0.25, -0.2) is 9.97 Å². The van der Waals surface area contributed by atoms with Gasteiger partial charge in [0, 0.05) is 16.7 Å². The Labute approximate surface area is 144 Å². The van der Waals surface area contributed by atoms with Crippen LogP contribution in [-0.2, 0) is 5.75 Å². The summed E-state index contributed by atoms with van der Waals surface area (Å²) in [7, 11) is 0. The number of nitrogens with zero attached hydrogens (tertiary/aromatic N) is 2. The lowest BCUT2D eigenvalue weighted by Crippen LogP contribution is -1.99. The van der Waals surface area contributed by atoms with Crippen LogP contribution in [0.1, 0.15) is 12.2 Å². The standard InChI is InChI=1S/C18H17N3O2S/c19-18-13-4-1-2-5-14(13)20-17(21-18)11-24-12-6-7-15-16(10-12)23-9-3-8-22-15/h1-2,4-7,10H,3,8-9,11H2,(H2,19,20,21). The highest BCUT2D eigenvalue weighted by Crippen LogP contribution is 2.34. The molecule has 0 radical (unpaired) electrons. The Morgan fingerprint density at radius 2 is 1.83 bits per heavy atom. The molecule has 0 bridgehead atoms. The summed E-state index contributed by atoms with van der Waals surface area (Å²) in [4.78, 5) is 10.1. The number of hydrogen-bond donors (Lipinski definition) is 1. The number of nitrogens with two attached hydrogens (primary N) is 1. The van der Waals surface area contributed by atoms with E-state index >= 15 is 0 Å². The van der Waals surface area contributed by atoms with Gasteiger partial charge in [0.1, 0.15) is 11.6 Å². The SMILES string of the molecule is Nc1nc(CSc2ccc3c(c2)OCCCO3)nc2ccccc12. The van der Waals surface area contributed by atoms with E-state index in [1.807, 2.05) is 42.5 Å². The molecule has 4 rings (SSSR count). The van der Waals surface area contributed by atoms with E-state index in [2.05, 4.69) is 9.97 Å². The fourth-order valence-electron chi connectivity index (χ4n) is 2.60. The van der Waals surface area contributed by atoms with E-state index in [4.69, 9.17) is 15.2 Å². The van der Waals surface area contributed by atoms with Gasteiger partial charge in [-0.3, -0.25) is 0 Å². The third-order valence-electron chi connectivity index (χ3n) is 3.77. The second-order valence-electron chi connectivity index (χ2n) is 5.49. The van der Waals surface area contributed by atoms with Crippen molar-refractivity contribution in [3.8, 4) is 11.5 Å². The fourth-order valence-corrected chi connectivity index (χ4v) is 3.38. The van der Waals surface area contributed by atoms with E-state index in [-0.39, 0.29) is 0 Å². The largest absolute Gasteiger partial charge is 0.490 e. The van der Waals surface area contributed by atoms with Crippen LogP contribution in [0.5, 0.6) is 11.5 Å². The maximum absolute atomic E-state index is 6.04. The number of anilines is 1. The lowest BCUT2D eigenvalue weighted by molar-refractivity contribution is 0.297. The summed E-state index contributed by atoms with van der Waals surface area (Å²) in [5.41, 5.74) is 6.91. The third-order valence-corrected chi connectivity index (χ3v) is 4.76. The number of hydrogen-bond acceptors (Lipinski definition) is 6. The van der Waals surface area contributed by atoms with E-state index in [0.717, 1.165) is 39.5 Å². The highest BCUT2D eigenvalue weighted by molar-refractivity contribution is 7.98. The molecule has 2 aromatic carbocycles. The van der Waals surface area contributed by atoms with Crippen molar-refractivity contribution in [1.82, 2.24) is 9.97 Å². The van der Waals surface area contributed by atoms with Gasteiger partial charge >= 0.3 is 0 Å². The lowest BCUT2D eigenvalue weighted by Gasteiger charge is -2.09. The Morgan fingerprint density at radius 1 is 1.00 bits per heavy atom. The Hall–Kier alpha value is -2.47. The van der Waals surface area contributed by atoms with Crippen molar-refractivity contribution in [3.63, 3.8) is 0 Å². The number of aromatic nitrogens is 2. The Balaban J connectivity index is 1.54. The first-order valence-electron chi connectivity index (χ1n) is 7.83. The van der Waals surface area contributed by atoms with Crippen molar-refractivity contribution in [2.75, 3.05) is 18.9 Å². The summed E-state index contributed by atoms with van der Waals surface area (Å²) in [5.74, 6) is 3.51. The third kappa shape index (κ3) is 3.10. The topological polar surface area (TPSA) is 70.3 Å². The number of rotatable bonds is 3. The van der Waals surface area contributed by atoms with Crippen LogP contribution in [0.25, 0.3) is 10.9 Å². The van der Waals surface area contributed by atoms with Crippen molar-refractivity contribution < 1.29 is 9.47 Å². The molecule has 0 saturated carbocycles. The molecule has 24 heavy (non-hydrogen) atoms. The first-order valence-corrected chi connectivity index (χ1v) is 8.82. The van der Waals surface area contributed by atoms with Gasteiger partial charge in [0.2, 0.25) is 0 Å². The maximum atomic E-state index is 6.04. The molecule has 122 valence electrons. The second-order valence-corrected chi connectivity index (χ2v) is 6.54. The van der Waals surface area contributed by atoms with Gasteiger partial charge in [-0.15, -0.1) is 11.8 Å². The average Bonchev–Trinajstić information content (AvgIpc) is 2.85. The highest BCUT2D eigenvalue weighted by atomic mass is 32.2. The molecule has 0 saturated heterocycles. The summed E-state index contributed by atoms with van der Waals surface area (Å²) in [6, 6.07) is 13.8. The zero-order valence-electron chi connectivity index (χ0n) is 13.1. The smallest absolute Gasteiger partial charge is 0.162 e. The number of fused-ring (bicyclic) bond motifs is 2. The van der Waals surface area contributed by atoms with E-state index in [0.29, 0.717) is 24.8 Å². The van der Waals surface area contributed by atoms with E-state index in [9.17, 15) is 0 Å². The fraction of sp³-hybridized carbons (Fsp3) is 0.222. The number of benzene rings is 2. The Morgan fingerprint density at radius 3 is 2.75 bits per heavy atom. The number of ether oxygens (including phenoxy) is 2. The molecule has 6 heteroatoms. The van der Waals surface area contributed by atoms with Crippen molar-refractivity contribution in [3.05, 3.63) is 48.3 Å². The molecular formula is C18H17N3O2S. The molecule has 1 aliphatic rings. The number of thioether (sulfide) groups is 1. The molecule has 3 aromatic rings. The first-order chi connectivity index (χ1) is 11.8. The first kappa shape index (κ1) is 15.1. The molecule has 0 unspecified atom stereocenters. The minimum absolute atomic E-state index is 0.523. The minimum Gasteiger partial charge on any atom is -0.490 e. The zero-order chi connectivity index (χ0) is 16.4. The van der Waals surface area contributed by atoms with Crippen molar-refractivity contribution in [1.29, 1.82) is 0 Å². The molecule has 1 aliphatic heterocycles.